The van der Waals surface area contributed by atoms with Gasteiger partial charge in [0.2, 0.25) is 5.95 Å². The fraction of sp³-hybridized carbons (Fsp3) is 0.481. The van der Waals surface area contributed by atoms with Crippen LogP contribution in [0.25, 0.3) is 21.9 Å². The molecule has 1 saturated heterocycles. The zero-order valence-corrected chi connectivity index (χ0v) is 21.4. The fourth-order valence-electron chi connectivity index (χ4n) is 5.11. The number of nitrogen functional groups attached to an aromatic ring is 1. The molecule has 37 heavy (non-hydrogen) atoms. The number of nitrogens with one attached hydrogen (secondary N) is 2. The summed E-state index contributed by atoms with van der Waals surface area (Å²) in [6.45, 7) is 5.19. The van der Waals surface area contributed by atoms with Crippen molar-refractivity contribution in [3.63, 3.8) is 0 Å². The van der Waals surface area contributed by atoms with Crippen LogP contribution in [0.4, 0.5) is 11.8 Å². The number of nitrogens with two attached hydrogens (primary N) is 1. The molecule has 3 aromatic heterocycles. The van der Waals surface area contributed by atoms with Crippen molar-refractivity contribution in [3.05, 3.63) is 47.8 Å². The molecular formula is C27H36N8O2. The first-order valence-electron chi connectivity index (χ1n) is 13.2. The van der Waals surface area contributed by atoms with Crippen molar-refractivity contribution in [1.29, 1.82) is 0 Å². The Morgan fingerprint density at radius 1 is 1.16 bits per heavy atom. The number of ether oxygens (including phenoxy) is 1. The largest absolute Gasteiger partial charge is 0.396 e. The van der Waals surface area contributed by atoms with Gasteiger partial charge in [0.25, 0.3) is 0 Å². The molecule has 1 atom stereocenters. The number of rotatable bonds is 11. The summed E-state index contributed by atoms with van der Waals surface area (Å²) in [6, 6.07) is 9.01. The zero-order valence-electron chi connectivity index (χ0n) is 21.4. The molecule has 1 unspecified atom stereocenters. The standard InChI is InChI=1S/C27H36N8O2/c1-2-4-21(8-12-36)32-26-25-23(33-27(28)34-26)16-31-35(25)17-19-7-6-18(22-5-3-11-29-24(19)22)15-30-20-9-13-37-14-10-20/h3,5-7,11,16,20-21,30,36H,2,4,8-10,12-15,17H2,1H3,(H3,28,32,33,34). The van der Waals surface area contributed by atoms with E-state index in [-0.39, 0.29) is 18.6 Å². The Balaban J connectivity index is 1.45. The minimum absolute atomic E-state index is 0.0841. The second-order valence-corrected chi connectivity index (χ2v) is 9.66. The smallest absolute Gasteiger partial charge is 0.222 e. The Hall–Kier alpha value is -3.34. The van der Waals surface area contributed by atoms with Crippen LogP contribution < -0.4 is 16.4 Å². The second kappa shape index (κ2) is 11.8. The summed E-state index contributed by atoms with van der Waals surface area (Å²) < 4.78 is 7.39. The molecule has 0 spiro atoms. The van der Waals surface area contributed by atoms with Gasteiger partial charge in [-0.05, 0) is 42.9 Å². The maximum absolute atomic E-state index is 9.52. The Bertz CT molecular complexity index is 1330. The number of pyridine rings is 1. The molecule has 1 fully saturated rings. The summed E-state index contributed by atoms with van der Waals surface area (Å²) in [4.78, 5) is 13.7. The molecule has 1 aliphatic heterocycles. The van der Waals surface area contributed by atoms with Gasteiger partial charge in [-0.3, -0.25) is 9.67 Å². The molecule has 0 amide bonds. The highest BCUT2D eigenvalue weighted by atomic mass is 16.5. The van der Waals surface area contributed by atoms with E-state index in [4.69, 9.17) is 15.5 Å². The van der Waals surface area contributed by atoms with Crippen LogP contribution in [0.15, 0.2) is 36.7 Å². The first-order valence-corrected chi connectivity index (χ1v) is 13.2. The number of aromatic nitrogens is 5. The zero-order chi connectivity index (χ0) is 25.6. The number of aliphatic hydroxyl groups is 1. The first kappa shape index (κ1) is 25.3. The summed E-state index contributed by atoms with van der Waals surface area (Å²) >= 11 is 0. The Labute approximate surface area is 216 Å². The maximum Gasteiger partial charge on any atom is 0.222 e. The highest BCUT2D eigenvalue weighted by Crippen LogP contribution is 2.27. The van der Waals surface area contributed by atoms with E-state index in [1.165, 1.54) is 5.56 Å². The molecule has 10 nitrogen and oxygen atoms in total. The highest BCUT2D eigenvalue weighted by molar-refractivity contribution is 5.88. The van der Waals surface area contributed by atoms with E-state index < -0.39 is 0 Å². The van der Waals surface area contributed by atoms with Crippen LogP contribution in [0.1, 0.15) is 50.2 Å². The lowest BCUT2D eigenvalue weighted by Crippen LogP contribution is -2.34. The lowest BCUT2D eigenvalue weighted by molar-refractivity contribution is 0.0776. The Morgan fingerprint density at radius 3 is 2.81 bits per heavy atom. The van der Waals surface area contributed by atoms with Gasteiger partial charge in [-0.1, -0.05) is 31.5 Å². The summed E-state index contributed by atoms with van der Waals surface area (Å²) in [5, 5.41) is 22.5. The summed E-state index contributed by atoms with van der Waals surface area (Å²) in [5.41, 5.74) is 10.8. The quantitative estimate of drug-likeness (QED) is 0.243. The third-order valence-corrected chi connectivity index (χ3v) is 7.03. The van der Waals surface area contributed by atoms with Crippen LogP contribution in [-0.2, 0) is 17.8 Å². The first-order chi connectivity index (χ1) is 18.2. The Kier molecular flexibility index (Phi) is 8.08. The minimum atomic E-state index is 0.0841. The van der Waals surface area contributed by atoms with Gasteiger partial charge in [-0.25, -0.2) is 4.98 Å². The normalized spacial score (nSPS) is 15.4. The van der Waals surface area contributed by atoms with Crippen molar-refractivity contribution in [2.75, 3.05) is 30.9 Å². The third-order valence-electron chi connectivity index (χ3n) is 7.03. The van der Waals surface area contributed by atoms with Crippen LogP contribution in [0, 0.1) is 0 Å². The number of fused-ring (bicyclic) bond motifs is 2. The minimum Gasteiger partial charge on any atom is -0.396 e. The highest BCUT2D eigenvalue weighted by Gasteiger charge is 2.18. The molecule has 1 aliphatic rings. The maximum atomic E-state index is 9.52. The van der Waals surface area contributed by atoms with Gasteiger partial charge < -0.3 is 26.2 Å². The molecule has 4 heterocycles. The number of hydrogen-bond acceptors (Lipinski definition) is 9. The predicted octanol–water partition coefficient (Wildman–Crippen LogP) is 3.24. The van der Waals surface area contributed by atoms with Gasteiger partial charge in [-0.2, -0.15) is 10.1 Å². The van der Waals surface area contributed by atoms with Crippen molar-refractivity contribution in [1.82, 2.24) is 30.0 Å². The summed E-state index contributed by atoms with van der Waals surface area (Å²) in [5.74, 6) is 0.837. The van der Waals surface area contributed by atoms with Gasteiger partial charge in [0.1, 0.15) is 11.0 Å². The molecule has 5 N–H and O–H groups in total. The number of benzene rings is 1. The molecule has 0 aliphatic carbocycles. The van der Waals surface area contributed by atoms with Gasteiger partial charge >= 0.3 is 0 Å². The van der Waals surface area contributed by atoms with Crippen LogP contribution in [-0.4, -0.2) is 61.7 Å². The van der Waals surface area contributed by atoms with Crippen molar-refractivity contribution < 1.29 is 9.84 Å². The molecule has 0 saturated carbocycles. The molecule has 0 radical (unpaired) electrons. The number of hydrogen-bond donors (Lipinski definition) is 4. The summed E-state index contributed by atoms with van der Waals surface area (Å²) in [7, 11) is 0. The number of anilines is 2. The topological polar surface area (TPSA) is 136 Å². The van der Waals surface area contributed by atoms with Crippen LogP contribution in [0.5, 0.6) is 0 Å². The molecule has 5 rings (SSSR count). The summed E-state index contributed by atoms with van der Waals surface area (Å²) in [6.07, 6.45) is 8.18. The second-order valence-electron chi connectivity index (χ2n) is 9.66. The van der Waals surface area contributed by atoms with E-state index in [0.717, 1.165) is 67.4 Å². The number of nitrogens with zero attached hydrogens (tertiary/aromatic N) is 5. The van der Waals surface area contributed by atoms with Crippen LogP contribution in [0.2, 0.25) is 0 Å². The average molecular weight is 505 g/mol. The van der Waals surface area contributed by atoms with Crippen molar-refractivity contribution in [3.8, 4) is 0 Å². The molecule has 196 valence electrons. The van der Waals surface area contributed by atoms with E-state index >= 15 is 0 Å². The van der Waals surface area contributed by atoms with E-state index in [2.05, 4.69) is 50.8 Å². The van der Waals surface area contributed by atoms with E-state index in [9.17, 15) is 5.11 Å². The number of aliphatic hydroxyl groups excluding tert-OH is 1. The van der Waals surface area contributed by atoms with E-state index in [1.54, 1.807) is 6.20 Å². The van der Waals surface area contributed by atoms with Crippen molar-refractivity contribution in [2.24, 2.45) is 0 Å². The lowest BCUT2D eigenvalue weighted by atomic mass is 10.0. The predicted molar refractivity (Wildman–Crippen MR) is 145 cm³/mol. The monoisotopic (exact) mass is 504 g/mol. The van der Waals surface area contributed by atoms with Crippen LogP contribution >= 0.6 is 0 Å². The molecule has 10 heteroatoms. The molecule has 1 aromatic carbocycles. The average Bonchev–Trinajstić information content (AvgIpc) is 3.31. The van der Waals surface area contributed by atoms with Crippen molar-refractivity contribution in [2.45, 2.75) is 64.2 Å². The molecular weight excluding hydrogens is 468 g/mol. The molecule has 4 aromatic rings. The molecule has 0 bridgehead atoms. The van der Waals surface area contributed by atoms with Gasteiger partial charge in [0.05, 0.1) is 18.3 Å². The lowest BCUT2D eigenvalue weighted by Gasteiger charge is -2.23. The van der Waals surface area contributed by atoms with E-state index in [0.29, 0.717) is 30.3 Å². The van der Waals surface area contributed by atoms with Crippen LogP contribution in [0.3, 0.4) is 0 Å². The van der Waals surface area contributed by atoms with Crippen molar-refractivity contribution >= 4 is 33.7 Å². The third kappa shape index (κ3) is 5.82. The fourth-order valence-corrected chi connectivity index (χ4v) is 5.11. The van der Waals surface area contributed by atoms with Gasteiger partial charge in [0.15, 0.2) is 5.82 Å². The van der Waals surface area contributed by atoms with E-state index in [1.807, 2.05) is 16.9 Å². The Morgan fingerprint density at radius 2 is 2.00 bits per heavy atom. The van der Waals surface area contributed by atoms with Gasteiger partial charge in [0, 0.05) is 50.0 Å². The SMILES string of the molecule is CCCC(CCO)Nc1nc(N)nc2cnn(Cc3ccc(CNC4CCOCC4)c4cccnc34)c12. The van der Waals surface area contributed by atoms with Gasteiger partial charge in [-0.15, -0.1) is 0 Å².